The molecular formula is C18H26N6O. The predicted molar refractivity (Wildman–Crippen MR) is 98.4 cm³/mol. The summed E-state index contributed by atoms with van der Waals surface area (Å²) >= 11 is 0. The Morgan fingerprint density at radius 2 is 1.44 bits per heavy atom. The molecule has 0 saturated carbocycles. The molecule has 0 unspecified atom stereocenters. The Bertz CT molecular complexity index is 720. The van der Waals surface area contributed by atoms with Gasteiger partial charge in [-0.3, -0.25) is 0 Å². The zero-order valence-electron chi connectivity index (χ0n) is 14.9. The summed E-state index contributed by atoms with van der Waals surface area (Å²) in [4.78, 5) is 23.2. The van der Waals surface area contributed by atoms with E-state index in [0.29, 0.717) is 18.1 Å². The van der Waals surface area contributed by atoms with Crippen molar-refractivity contribution in [1.29, 1.82) is 0 Å². The Hall–Kier alpha value is -2.18. The molecule has 134 valence electrons. The van der Waals surface area contributed by atoms with Crippen molar-refractivity contribution in [1.82, 2.24) is 19.9 Å². The first kappa shape index (κ1) is 16.3. The lowest BCUT2D eigenvalue weighted by Gasteiger charge is -2.28. The Balaban J connectivity index is 1.73. The lowest BCUT2D eigenvalue weighted by Crippen LogP contribution is -2.32. The highest BCUT2D eigenvalue weighted by Crippen LogP contribution is 2.27. The second-order valence-electron chi connectivity index (χ2n) is 6.76. The van der Waals surface area contributed by atoms with Gasteiger partial charge in [-0.15, -0.1) is 0 Å². The van der Waals surface area contributed by atoms with Crippen LogP contribution in [-0.4, -0.2) is 52.7 Å². The minimum atomic E-state index is 0.569. The van der Waals surface area contributed by atoms with E-state index in [1.807, 2.05) is 13.1 Å². The fourth-order valence-electron chi connectivity index (χ4n) is 3.60. The summed E-state index contributed by atoms with van der Waals surface area (Å²) in [5.41, 5.74) is 0.689. The summed E-state index contributed by atoms with van der Waals surface area (Å²) in [7, 11) is 0. The van der Waals surface area contributed by atoms with Crippen LogP contribution in [-0.2, 0) is 0 Å². The molecule has 0 amide bonds. The van der Waals surface area contributed by atoms with Crippen molar-refractivity contribution in [2.24, 2.45) is 0 Å². The van der Waals surface area contributed by atoms with E-state index >= 15 is 0 Å². The molecule has 2 aromatic heterocycles. The molecule has 7 heteroatoms. The van der Waals surface area contributed by atoms with Gasteiger partial charge in [-0.05, 0) is 45.4 Å². The van der Waals surface area contributed by atoms with Crippen molar-refractivity contribution in [3.05, 3.63) is 6.20 Å². The molecule has 0 bridgehead atoms. The molecule has 4 heterocycles. The third kappa shape index (κ3) is 3.45. The van der Waals surface area contributed by atoms with Crippen LogP contribution in [0.15, 0.2) is 6.20 Å². The number of nitrogens with zero attached hydrogens (tertiary/aromatic N) is 6. The first-order valence-electron chi connectivity index (χ1n) is 9.52. The quantitative estimate of drug-likeness (QED) is 0.846. The normalized spacial score (nSPS) is 18.6. The number of fused-ring (bicyclic) bond motifs is 1. The highest BCUT2D eigenvalue weighted by molar-refractivity contribution is 5.81. The van der Waals surface area contributed by atoms with Gasteiger partial charge in [0.25, 0.3) is 0 Å². The van der Waals surface area contributed by atoms with Crippen LogP contribution in [0.25, 0.3) is 11.0 Å². The van der Waals surface area contributed by atoms with Crippen LogP contribution >= 0.6 is 0 Å². The standard InChI is InChI=1S/C18H26N6O/c1-2-25-16-14-13-19-17(23-9-5-3-6-10-23)20-15(14)21-18(22-16)24-11-7-4-8-12-24/h13H,2-12H2,1H3. The summed E-state index contributed by atoms with van der Waals surface area (Å²) in [6.07, 6.45) is 9.17. The second-order valence-corrected chi connectivity index (χ2v) is 6.76. The molecule has 0 N–H and O–H groups in total. The van der Waals surface area contributed by atoms with E-state index in [-0.39, 0.29) is 0 Å². The van der Waals surface area contributed by atoms with Crippen LogP contribution in [0.2, 0.25) is 0 Å². The third-order valence-corrected chi connectivity index (χ3v) is 4.95. The summed E-state index contributed by atoms with van der Waals surface area (Å²) in [6.45, 7) is 6.58. The van der Waals surface area contributed by atoms with E-state index in [9.17, 15) is 0 Å². The smallest absolute Gasteiger partial charge is 0.230 e. The maximum atomic E-state index is 5.76. The van der Waals surface area contributed by atoms with Gasteiger partial charge < -0.3 is 14.5 Å². The number of ether oxygens (including phenoxy) is 1. The Morgan fingerprint density at radius 3 is 2.08 bits per heavy atom. The minimum Gasteiger partial charge on any atom is -0.477 e. The van der Waals surface area contributed by atoms with Crippen LogP contribution in [0.5, 0.6) is 5.88 Å². The second kappa shape index (κ2) is 7.37. The van der Waals surface area contributed by atoms with Crippen LogP contribution in [0.3, 0.4) is 0 Å². The highest BCUT2D eigenvalue weighted by atomic mass is 16.5. The summed E-state index contributed by atoms with van der Waals surface area (Å²) < 4.78 is 5.76. The fourth-order valence-corrected chi connectivity index (χ4v) is 3.60. The molecule has 0 aliphatic carbocycles. The van der Waals surface area contributed by atoms with E-state index in [1.54, 1.807) is 0 Å². The van der Waals surface area contributed by atoms with E-state index < -0.39 is 0 Å². The molecule has 2 fully saturated rings. The Labute approximate surface area is 148 Å². The predicted octanol–water partition coefficient (Wildman–Crippen LogP) is 2.80. The molecule has 2 aromatic rings. The lowest BCUT2D eigenvalue weighted by atomic mass is 10.1. The van der Waals surface area contributed by atoms with Gasteiger partial charge in [0.1, 0.15) is 5.39 Å². The molecular weight excluding hydrogens is 316 g/mol. The summed E-state index contributed by atoms with van der Waals surface area (Å²) in [6, 6.07) is 0. The van der Waals surface area contributed by atoms with E-state index in [2.05, 4.69) is 19.8 Å². The summed E-state index contributed by atoms with van der Waals surface area (Å²) in [5, 5.41) is 0.795. The molecule has 2 aliphatic rings. The monoisotopic (exact) mass is 342 g/mol. The first-order chi connectivity index (χ1) is 12.3. The SMILES string of the molecule is CCOc1nc(N2CCCCC2)nc2nc(N3CCCCC3)ncc12. The molecule has 25 heavy (non-hydrogen) atoms. The van der Waals surface area contributed by atoms with Crippen LogP contribution < -0.4 is 14.5 Å². The largest absolute Gasteiger partial charge is 0.477 e. The molecule has 2 saturated heterocycles. The number of anilines is 2. The van der Waals surface area contributed by atoms with E-state index in [0.717, 1.165) is 43.5 Å². The number of hydrogen-bond acceptors (Lipinski definition) is 7. The van der Waals surface area contributed by atoms with Gasteiger partial charge in [-0.2, -0.15) is 15.0 Å². The molecule has 7 nitrogen and oxygen atoms in total. The minimum absolute atomic E-state index is 0.569. The van der Waals surface area contributed by atoms with Crippen LogP contribution in [0, 0.1) is 0 Å². The lowest BCUT2D eigenvalue weighted by molar-refractivity contribution is 0.330. The number of rotatable bonds is 4. The zero-order chi connectivity index (χ0) is 17.1. The number of hydrogen-bond donors (Lipinski definition) is 0. The highest BCUT2D eigenvalue weighted by Gasteiger charge is 2.20. The number of piperidine rings is 2. The van der Waals surface area contributed by atoms with Gasteiger partial charge in [0.05, 0.1) is 6.61 Å². The van der Waals surface area contributed by atoms with E-state index in [4.69, 9.17) is 14.7 Å². The maximum absolute atomic E-state index is 5.76. The molecule has 2 aliphatic heterocycles. The van der Waals surface area contributed by atoms with Crippen LogP contribution in [0.4, 0.5) is 11.9 Å². The topological polar surface area (TPSA) is 67.3 Å². The van der Waals surface area contributed by atoms with Gasteiger partial charge in [-0.25, -0.2) is 4.98 Å². The first-order valence-corrected chi connectivity index (χ1v) is 9.52. The van der Waals surface area contributed by atoms with Crippen molar-refractivity contribution in [3.8, 4) is 5.88 Å². The Kier molecular flexibility index (Phi) is 4.81. The van der Waals surface area contributed by atoms with Gasteiger partial charge >= 0.3 is 0 Å². The van der Waals surface area contributed by atoms with Gasteiger partial charge in [0.15, 0.2) is 5.65 Å². The van der Waals surface area contributed by atoms with Gasteiger partial charge in [0, 0.05) is 32.4 Å². The fraction of sp³-hybridized carbons (Fsp3) is 0.667. The molecule has 0 aromatic carbocycles. The van der Waals surface area contributed by atoms with Crippen molar-refractivity contribution in [2.45, 2.75) is 45.4 Å². The van der Waals surface area contributed by atoms with Gasteiger partial charge in [-0.1, -0.05) is 0 Å². The van der Waals surface area contributed by atoms with Crippen molar-refractivity contribution < 1.29 is 4.74 Å². The molecule has 0 radical (unpaired) electrons. The third-order valence-electron chi connectivity index (χ3n) is 4.95. The maximum Gasteiger partial charge on any atom is 0.230 e. The van der Waals surface area contributed by atoms with Crippen LogP contribution in [0.1, 0.15) is 45.4 Å². The van der Waals surface area contributed by atoms with Crippen molar-refractivity contribution in [2.75, 3.05) is 42.6 Å². The summed E-state index contributed by atoms with van der Waals surface area (Å²) in [5.74, 6) is 2.11. The average molecular weight is 342 g/mol. The van der Waals surface area contributed by atoms with E-state index in [1.165, 1.54) is 38.5 Å². The Morgan fingerprint density at radius 1 is 0.840 bits per heavy atom. The molecule has 0 spiro atoms. The average Bonchev–Trinajstić information content (AvgIpc) is 2.69. The van der Waals surface area contributed by atoms with Crippen molar-refractivity contribution in [3.63, 3.8) is 0 Å². The van der Waals surface area contributed by atoms with Crippen molar-refractivity contribution >= 4 is 22.9 Å². The molecule has 0 atom stereocenters. The number of aromatic nitrogens is 4. The van der Waals surface area contributed by atoms with Gasteiger partial charge in [0.2, 0.25) is 17.8 Å². The zero-order valence-corrected chi connectivity index (χ0v) is 14.9. The molecule has 4 rings (SSSR count).